The number of nitrogens with one attached hydrogen (secondary N) is 2. The molecule has 6 nitrogen and oxygen atoms in total. The van der Waals surface area contributed by atoms with Gasteiger partial charge in [-0.3, -0.25) is 0 Å². The highest BCUT2D eigenvalue weighted by Crippen LogP contribution is 2.24. The van der Waals surface area contributed by atoms with Crippen LogP contribution in [-0.2, 0) is 0 Å². The summed E-state index contributed by atoms with van der Waals surface area (Å²) in [6.07, 6.45) is 1.41. The predicted molar refractivity (Wildman–Crippen MR) is 65.7 cm³/mol. The van der Waals surface area contributed by atoms with Crippen molar-refractivity contribution in [2.24, 2.45) is 0 Å². The lowest BCUT2D eigenvalue weighted by atomic mass is 10.3. The summed E-state index contributed by atoms with van der Waals surface area (Å²) in [7, 11) is 0. The topological polar surface area (TPSA) is 92.5 Å². The lowest BCUT2D eigenvalue weighted by Crippen LogP contribution is -2.03. The molecule has 3 rings (SSSR count). The second-order valence-corrected chi connectivity index (χ2v) is 3.76. The Hall–Kier alpha value is -2.77. The minimum absolute atomic E-state index is 0.0149. The van der Waals surface area contributed by atoms with E-state index in [1.807, 2.05) is 0 Å². The number of benzene rings is 1. The number of H-pyrrole nitrogens is 1. The van der Waals surface area contributed by atoms with Crippen LogP contribution in [-0.4, -0.2) is 19.9 Å². The predicted octanol–water partition coefficient (Wildman–Crippen LogP) is 1.96. The molecule has 8 heteroatoms. The first kappa shape index (κ1) is 11.3. The molecule has 0 saturated heterocycles. The van der Waals surface area contributed by atoms with E-state index in [1.165, 1.54) is 18.5 Å². The van der Waals surface area contributed by atoms with Crippen LogP contribution in [0.2, 0.25) is 0 Å². The van der Waals surface area contributed by atoms with Crippen molar-refractivity contribution in [3.63, 3.8) is 0 Å². The summed E-state index contributed by atoms with van der Waals surface area (Å²) in [5.74, 6) is -1.73. The summed E-state index contributed by atoms with van der Waals surface area (Å²) in [5.41, 5.74) is 6.27. The molecule has 2 aromatic heterocycles. The van der Waals surface area contributed by atoms with Gasteiger partial charge in [0.05, 0.1) is 12.0 Å². The number of hydrogen-bond acceptors (Lipinski definition) is 5. The second kappa shape index (κ2) is 4.16. The van der Waals surface area contributed by atoms with Gasteiger partial charge in [-0.2, -0.15) is 9.97 Å². The van der Waals surface area contributed by atoms with E-state index in [4.69, 9.17) is 5.73 Å². The fourth-order valence-electron chi connectivity index (χ4n) is 1.67. The molecule has 4 N–H and O–H groups in total. The molecule has 0 unspecified atom stereocenters. The molecule has 0 radical (unpaired) electrons. The fraction of sp³-hybridized carbons (Fsp3) is 0. The quantitative estimate of drug-likeness (QED) is 0.656. The lowest BCUT2D eigenvalue weighted by Gasteiger charge is -2.08. The summed E-state index contributed by atoms with van der Waals surface area (Å²) in [5, 5.41) is 2.67. The highest BCUT2D eigenvalue weighted by atomic mass is 19.2. The number of nitrogen functional groups attached to an aromatic ring is 1. The van der Waals surface area contributed by atoms with Gasteiger partial charge in [0.25, 0.3) is 0 Å². The summed E-state index contributed by atoms with van der Waals surface area (Å²) < 4.78 is 26.7. The summed E-state index contributed by atoms with van der Waals surface area (Å²) >= 11 is 0. The van der Waals surface area contributed by atoms with E-state index in [0.29, 0.717) is 11.2 Å². The zero-order chi connectivity index (χ0) is 13.4. The molecule has 0 spiro atoms. The van der Waals surface area contributed by atoms with Gasteiger partial charge in [0.15, 0.2) is 23.1 Å². The van der Waals surface area contributed by atoms with Crippen LogP contribution in [0.3, 0.4) is 0 Å². The van der Waals surface area contributed by atoms with E-state index >= 15 is 0 Å². The Kier molecular flexibility index (Phi) is 2.48. The number of nitrogens with zero attached hydrogens (tertiary/aromatic N) is 3. The van der Waals surface area contributed by atoms with Crippen LogP contribution in [0.15, 0.2) is 24.5 Å². The molecular formula is C11H8F2N6. The smallest absolute Gasteiger partial charge is 0.224 e. The van der Waals surface area contributed by atoms with Crippen molar-refractivity contribution in [3.8, 4) is 0 Å². The Labute approximate surface area is 105 Å². The standard InChI is InChI=1S/C11H8F2N6/c12-5-2-1-3-6(7(5)13)17-10-8-9(16-4-15-8)18-11(14)19-10/h1-4H,(H4,14,15,16,17,18,19). The minimum Gasteiger partial charge on any atom is -0.368 e. The molecular weight excluding hydrogens is 254 g/mol. The third-order valence-corrected chi connectivity index (χ3v) is 2.51. The van der Waals surface area contributed by atoms with E-state index in [1.54, 1.807) is 0 Å². The molecule has 0 amide bonds. The molecule has 96 valence electrons. The van der Waals surface area contributed by atoms with E-state index in [-0.39, 0.29) is 17.5 Å². The molecule has 0 atom stereocenters. The first-order chi connectivity index (χ1) is 9.15. The third kappa shape index (κ3) is 1.92. The Bertz CT molecular complexity index is 754. The van der Waals surface area contributed by atoms with Crippen LogP contribution in [0.25, 0.3) is 11.2 Å². The van der Waals surface area contributed by atoms with Gasteiger partial charge in [0, 0.05) is 0 Å². The van der Waals surface area contributed by atoms with Crippen molar-refractivity contribution in [3.05, 3.63) is 36.2 Å². The normalized spacial score (nSPS) is 10.8. The number of hydrogen-bond donors (Lipinski definition) is 3. The number of rotatable bonds is 2. The van der Waals surface area contributed by atoms with Crippen molar-refractivity contribution in [2.45, 2.75) is 0 Å². The van der Waals surface area contributed by atoms with Crippen molar-refractivity contribution in [2.75, 3.05) is 11.1 Å². The maximum Gasteiger partial charge on any atom is 0.224 e. The third-order valence-electron chi connectivity index (χ3n) is 2.51. The van der Waals surface area contributed by atoms with Crippen LogP contribution >= 0.6 is 0 Å². The molecule has 2 heterocycles. The van der Waals surface area contributed by atoms with Crippen LogP contribution in [0.1, 0.15) is 0 Å². The molecule has 0 bridgehead atoms. The first-order valence-corrected chi connectivity index (χ1v) is 5.33. The number of aromatic amines is 1. The Morgan fingerprint density at radius 1 is 1.21 bits per heavy atom. The second-order valence-electron chi connectivity index (χ2n) is 3.76. The van der Waals surface area contributed by atoms with Gasteiger partial charge in [0.1, 0.15) is 5.52 Å². The summed E-state index contributed by atoms with van der Waals surface area (Å²) in [6, 6.07) is 3.80. The minimum atomic E-state index is -0.993. The Balaban J connectivity index is 2.10. The highest BCUT2D eigenvalue weighted by molar-refractivity contribution is 5.85. The van der Waals surface area contributed by atoms with Gasteiger partial charge in [-0.15, -0.1) is 0 Å². The zero-order valence-corrected chi connectivity index (χ0v) is 9.48. The van der Waals surface area contributed by atoms with Crippen molar-refractivity contribution >= 4 is 28.6 Å². The SMILES string of the molecule is Nc1nc(Nc2cccc(F)c2F)c2[nH]cnc2n1. The maximum absolute atomic E-state index is 13.6. The number of nitrogens with two attached hydrogens (primary N) is 1. The molecule has 0 aliphatic rings. The van der Waals surface area contributed by atoms with Gasteiger partial charge >= 0.3 is 0 Å². The van der Waals surface area contributed by atoms with E-state index in [2.05, 4.69) is 25.3 Å². The Morgan fingerprint density at radius 2 is 2.05 bits per heavy atom. The molecule has 3 aromatic rings. The molecule has 19 heavy (non-hydrogen) atoms. The summed E-state index contributed by atoms with van der Waals surface area (Å²) in [6.45, 7) is 0. The maximum atomic E-state index is 13.6. The van der Waals surface area contributed by atoms with Crippen molar-refractivity contribution in [1.29, 1.82) is 0 Å². The van der Waals surface area contributed by atoms with Crippen LogP contribution < -0.4 is 11.1 Å². The van der Waals surface area contributed by atoms with Gasteiger partial charge in [-0.1, -0.05) is 6.07 Å². The number of aromatic nitrogens is 4. The molecule has 0 fully saturated rings. The van der Waals surface area contributed by atoms with Crippen LogP contribution in [0, 0.1) is 11.6 Å². The molecule has 0 aliphatic carbocycles. The van der Waals surface area contributed by atoms with Crippen LogP contribution in [0.5, 0.6) is 0 Å². The fourth-order valence-corrected chi connectivity index (χ4v) is 1.67. The van der Waals surface area contributed by atoms with Gasteiger partial charge in [-0.05, 0) is 12.1 Å². The number of fused-ring (bicyclic) bond motifs is 1. The molecule has 0 aliphatic heterocycles. The first-order valence-electron chi connectivity index (χ1n) is 5.33. The number of anilines is 3. The van der Waals surface area contributed by atoms with Crippen molar-refractivity contribution in [1.82, 2.24) is 19.9 Å². The molecule has 1 aromatic carbocycles. The van der Waals surface area contributed by atoms with Gasteiger partial charge in [0.2, 0.25) is 5.95 Å². The Morgan fingerprint density at radius 3 is 2.89 bits per heavy atom. The average Bonchev–Trinajstić information content (AvgIpc) is 2.83. The monoisotopic (exact) mass is 262 g/mol. The summed E-state index contributed by atoms with van der Waals surface area (Å²) in [4.78, 5) is 14.6. The average molecular weight is 262 g/mol. The lowest BCUT2D eigenvalue weighted by molar-refractivity contribution is 0.512. The zero-order valence-electron chi connectivity index (χ0n) is 9.48. The van der Waals surface area contributed by atoms with E-state index in [0.717, 1.165) is 6.07 Å². The van der Waals surface area contributed by atoms with Gasteiger partial charge < -0.3 is 16.0 Å². The van der Waals surface area contributed by atoms with Crippen molar-refractivity contribution < 1.29 is 8.78 Å². The largest absolute Gasteiger partial charge is 0.368 e. The number of imidazole rings is 1. The van der Waals surface area contributed by atoms with Gasteiger partial charge in [-0.25, -0.2) is 13.8 Å². The van der Waals surface area contributed by atoms with Crippen LogP contribution in [0.4, 0.5) is 26.2 Å². The highest BCUT2D eigenvalue weighted by Gasteiger charge is 2.12. The number of halogens is 2. The van der Waals surface area contributed by atoms with E-state index in [9.17, 15) is 8.78 Å². The molecule has 0 saturated carbocycles. The van der Waals surface area contributed by atoms with E-state index < -0.39 is 11.6 Å².